The van der Waals surface area contributed by atoms with Crippen molar-refractivity contribution < 1.29 is 5.21 Å². The van der Waals surface area contributed by atoms with E-state index in [1.165, 1.54) is 0 Å². The molecule has 0 saturated carbocycles. The molecule has 1 aromatic rings. The second kappa shape index (κ2) is 6.78. The number of aromatic nitrogens is 2. The highest BCUT2D eigenvalue weighted by Gasteiger charge is 2.14. The van der Waals surface area contributed by atoms with Crippen LogP contribution in [0.2, 0.25) is 0 Å². The summed E-state index contributed by atoms with van der Waals surface area (Å²) >= 11 is 0. The van der Waals surface area contributed by atoms with Crippen molar-refractivity contribution in [2.75, 3.05) is 18.0 Å². The minimum absolute atomic E-state index is 0.0324. The highest BCUT2D eigenvalue weighted by Crippen LogP contribution is 2.13. The van der Waals surface area contributed by atoms with Crippen LogP contribution in [-0.2, 0) is 6.42 Å². The summed E-state index contributed by atoms with van der Waals surface area (Å²) in [5.41, 5.74) is 6.60. The Bertz CT molecular complexity index is 407. The van der Waals surface area contributed by atoms with Crippen LogP contribution in [0.3, 0.4) is 0 Å². The number of amidine groups is 1. The van der Waals surface area contributed by atoms with Crippen molar-refractivity contribution in [2.45, 2.75) is 27.2 Å². The van der Waals surface area contributed by atoms with Gasteiger partial charge in [0.25, 0.3) is 0 Å². The summed E-state index contributed by atoms with van der Waals surface area (Å²) in [4.78, 5) is 10.5. The number of oxime groups is 1. The number of hydrogen-bond donors (Lipinski definition) is 2. The number of rotatable bonds is 6. The Morgan fingerprint density at radius 3 is 2.78 bits per heavy atom. The van der Waals surface area contributed by atoms with Crippen LogP contribution in [0.1, 0.15) is 26.5 Å². The van der Waals surface area contributed by atoms with Gasteiger partial charge in [-0.15, -0.1) is 0 Å². The third kappa shape index (κ3) is 3.58. The van der Waals surface area contributed by atoms with Crippen LogP contribution < -0.4 is 10.6 Å². The first kappa shape index (κ1) is 14.2. The van der Waals surface area contributed by atoms with Gasteiger partial charge in [0.2, 0.25) is 0 Å². The SMILES string of the molecule is CCc1cc(N(CC)CC(C)/C(N)=N/O)ncn1. The fourth-order valence-electron chi connectivity index (χ4n) is 1.66. The molecule has 100 valence electrons. The molecule has 18 heavy (non-hydrogen) atoms. The summed E-state index contributed by atoms with van der Waals surface area (Å²) in [5, 5.41) is 11.7. The van der Waals surface area contributed by atoms with Gasteiger partial charge in [-0.3, -0.25) is 0 Å². The van der Waals surface area contributed by atoms with Crippen LogP contribution in [-0.4, -0.2) is 34.1 Å². The van der Waals surface area contributed by atoms with Crippen LogP contribution in [0.25, 0.3) is 0 Å². The molecule has 0 aliphatic heterocycles. The van der Waals surface area contributed by atoms with Crippen LogP contribution in [0.15, 0.2) is 17.5 Å². The van der Waals surface area contributed by atoms with E-state index in [2.05, 4.69) is 26.9 Å². The smallest absolute Gasteiger partial charge is 0.143 e. The molecule has 1 rings (SSSR count). The van der Waals surface area contributed by atoms with E-state index in [1.807, 2.05) is 19.9 Å². The lowest BCUT2D eigenvalue weighted by atomic mass is 10.1. The lowest BCUT2D eigenvalue weighted by molar-refractivity contribution is 0.314. The molecule has 1 heterocycles. The van der Waals surface area contributed by atoms with Gasteiger partial charge in [0, 0.05) is 30.8 Å². The second-order valence-electron chi connectivity index (χ2n) is 4.19. The molecule has 0 aliphatic carbocycles. The van der Waals surface area contributed by atoms with E-state index in [0.717, 1.165) is 24.5 Å². The van der Waals surface area contributed by atoms with Gasteiger partial charge < -0.3 is 15.8 Å². The van der Waals surface area contributed by atoms with E-state index in [4.69, 9.17) is 10.9 Å². The highest BCUT2D eigenvalue weighted by atomic mass is 16.4. The minimum Gasteiger partial charge on any atom is -0.409 e. The molecule has 0 saturated heterocycles. The molecule has 6 nitrogen and oxygen atoms in total. The molecule has 0 bridgehead atoms. The number of aryl methyl sites for hydroxylation is 1. The first-order valence-corrected chi connectivity index (χ1v) is 6.15. The third-order valence-corrected chi connectivity index (χ3v) is 2.89. The highest BCUT2D eigenvalue weighted by molar-refractivity contribution is 5.82. The average Bonchev–Trinajstić information content (AvgIpc) is 2.43. The Kier molecular flexibility index (Phi) is 5.35. The minimum atomic E-state index is -0.0324. The van der Waals surface area contributed by atoms with E-state index in [-0.39, 0.29) is 11.8 Å². The maximum Gasteiger partial charge on any atom is 0.143 e. The first-order chi connectivity index (χ1) is 8.62. The van der Waals surface area contributed by atoms with E-state index in [9.17, 15) is 0 Å². The van der Waals surface area contributed by atoms with E-state index < -0.39 is 0 Å². The Balaban J connectivity index is 2.82. The monoisotopic (exact) mass is 251 g/mol. The molecule has 6 heteroatoms. The van der Waals surface area contributed by atoms with Crippen LogP contribution >= 0.6 is 0 Å². The summed E-state index contributed by atoms with van der Waals surface area (Å²) in [6, 6.07) is 1.97. The molecular formula is C12H21N5O. The van der Waals surface area contributed by atoms with Gasteiger partial charge >= 0.3 is 0 Å². The van der Waals surface area contributed by atoms with Gasteiger partial charge in [-0.05, 0) is 13.3 Å². The first-order valence-electron chi connectivity index (χ1n) is 6.15. The molecule has 0 fully saturated rings. The summed E-state index contributed by atoms with van der Waals surface area (Å²) in [6.07, 6.45) is 2.45. The molecule has 0 radical (unpaired) electrons. The van der Waals surface area contributed by atoms with Crippen molar-refractivity contribution in [3.63, 3.8) is 0 Å². The van der Waals surface area contributed by atoms with Crippen LogP contribution in [0.5, 0.6) is 0 Å². The van der Waals surface area contributed by atoms with Gasteiger partial charge in [-0.2, -0.15) is 0 Å². The lowest BCUT2D eigenvalue weighted by Gasteiger charge is -2.25. The summed E-state index contributed by atoms with van der Waals surface area (Å²) < 4.78 is 0. The summed E-state index contributed by atoms with van der Waals surface area (Å²) in [5.74, 6) is 1.08. The zero-order valence-electron chi connectivity index (χ0n) is 11.2. The molecule has 0 aromatic carbocycles. The molecule has 0 spiro atoms. The van der Waals surface area contributed by atoms with Crippen molar-refractivity contribution in [1.82, 2.24) is 9.97 Å². The van der Waals surface area contributed by atoms with Gasteiger partial charge in [0.1, 0.15) is 18.0 Å². The fraction of sp³-hybridized carbons (Fsp3) is 0.583. The van der Waals surface area contributed by atoms with E-state index >= 15 is 0 Å². The third-order valence-electron chi connectivity index (χ3n) is 2.89. The molecular weight excluding hydrogens is 230 g/mol. The number of nitrogens with zero attached hydrogens (tertiary/aromatic N) is 4. The van der Waals surface area contributed by atoms with Gasteiger partial charge in [0.15, 0.2) is 0 Å². The Hall–Kier alpha value is -1.85. The van der Waals surface area contributed by atoms with Crippen molar-refractivity contribution in [2.24, 2.45) is 16.8 Å². The van der Waals surface area contributed by atoms with Gasteiger partial charge in [0.05, 0.1) is 0 Å². The van der Waals surface area contributed by atoms with Crippen LogP contribution in [0, 0.1) is 5.92 Å². The molecule has 3 N–H and O–H groups in total. The Labute approximate surface area is 108 Å². The van der Waals surface area contributed by atoms with Crippen LogP contribution in [0.4, 0.5) is 5.82 Å². The molecule has 0 aliphatic rings. The summed E-state index contributed by atoms with van der Waals surface area (Å²) in [7, 11) is 0. The molecule has 1 aromatic heterocycles. The quantitative estimate of drug-likeness (QED) is 0.344. The van der Waals surface area contributed by atoms with Gasteiger partial charge in [-0.25, -0.2) is 9.97 Å². The van der Waals surface area contributed by atoms with E-state index in [0.29, 0.717) is 6.54 Å². The number of anilines is 1. The maximum absolute atomic E-state index is 8.66. The Morgan fingerprint density at radius 2 is 2.22 bits per heavy atom. The van der Waals surface area contributed by atoms with Crippen molar-refractivity contribution >= 4 is 11.7 Å². The predicted octanol–water partition coefficient (Wildman–Crippen LogP) is 1.25. The standard InChI is InChI=1S/C12H21N5O/c1-4-10-6-11(15-8-14-10)17(5-2)7-9(3)12(13)16-18/h6,8-9,18H,4-5,7H2,1-3H3,(H2,13,16). The second-order valence-corrected chi connectivity index (χ2v) is 4.19. The maximum atomic E-state index is 8.66. The zero-order valence-corrected chi connectivity index (χ0v) is 11.2. The Morgan fingerprint density at radius 1 is 1.50 bits per heavy atom. The zero-order chi connectivity index (χ0) is 13.5. The number of nitrogens with two attached hydrogens (primary N) is 1. The van der Waals surface area contributed by atoms with E-state index in [1.54, 1.807) is 6.33 Å². The fourth-order valence-corrected chi connectivity index (χ4v) is 1.66. The number of hydrogen-bond acceptors (Lipinski definition) is 5. The topological polar surface area (TPSA) is 87.6 Å². The lowest BCUT2D eigenvalue weighted by Crippen LogP contribution is -2.35. The summed E-state index contributed by atoms with van der Waals surface area (Å²) in [6.45, 7) is 7.49. The molecule has 1 atom stereocenters. The average molecular weight is 251 g/mol. The van der Waals surface area contributed by atoms with Crippen molar-refractivity contribution in [1.29, 1.82) is 0 Å². The normalized spacial score (nSPS) is 13.4. The molecule has 1 unspecified atom stereocenters. The van der Waals surface area contributed by atoms with Gasteiger partial charge in [-0.1, -0.05) is 19.0 Å². The predicted molar refractivity (Wildman–Crippen MR) is 71.9 cm³/mol. The van der Waals surface area contributed by atoms with Crippen molar-refractivity contribution in [3.05, 3.63) is 18.1 Å². The molecule has 0 amide bonds. The van der Waals surface area contributed by atoms with Crippen molar-refractivity contribution in [3.8, 4) is 0 Å². The largest absolute Gasteiger partial charge is 0.409 e.